The smallest absolute Gasteiger partial charge is 0.425 e. The van der Waals surface area contributed by atoms with E-state index in [1.807, 2.05) is 6.92 Å². The standard InChI is InChI=1S/C27H41F2N9O4S/c1-6-9-19(18(4)14-30-7-2)43-42-26(40)36-21-10-12-31-24(34-21)38-13-11-27(28,29)20(17-38)37(5)25(39)35-22-15-33-23(16-32-22)41-8-3/h10,12,15-16,18-20,30H,6-9,11,13-14,17H2,1-5H3,(H,32,35,39)(H,31,34,36,40). The van der Waals surface area contributed by atoms with Gasteiger partial charge in [-0.2, -0.15) is 4.98 Å². The van der Waals surface area contributed by atoms with Crippen molar-refractivity contribution < 1.29 is 27.3 Å². The lowest BCUT2D eigenvalue weighted by molar-refractivity contribution is -0.0760. The first-order valence-electron chi connectivity index (χ1n) is 14.4. The van der Waals surface area contributed by atoms with Gasteiger partial charge in [0.2, 0.25) is 11.8 Å². The van der Waals surface area contributed by atoms with E-state index in [4.69, 9.17) is 8.92 Å². The number of ether oxygens (including phenoxy) is 1. The van der Waals surface area contributed by atoms with Crippen LogP contribution in [0.1, 0.15) is 47.0 Å². The molecule has 0 aromatic carbocycles. The van der Waals surface area contributed by atoms with Crippen molar-refractivity contribution in [2.45, 2.75) is 64.2 Å². The molecule has 3 heterocycles. The topological polar surface area (TPSA) is 147 Å². The number of aromatic nitrogens is 4. The van der Waals surface area contributed by atoms with Crippen molar-refractivity contribution in [1.82, 2.24) is 30.2 Å². The third-order valence-corrected chi connectivity index (χ3v) is 8.06. The molecule has 3 rings (SSSR count). The van der Waals surface area contributed by atoms with Gasteiger partial charge in [0.1, 0.15) is 11.9 Å². The van der Waals surface area contributed by atoms with Gasteiger partial charge < -0.3 is 24.0 Å². The number of halogens is 2. The van der Waals surface area contributed by atoms with Gasteiger partial charge in [-0.05, 0) is 38.4 Å². The van der Waals surface area contributed by atoms with Crippen molar-refractivity contribution >= 4 is 41.8 Å². The number of amides is 3. The van der Waals surface area contributed by atoms with E-state index < -0.39 is 30.5 Å². The van der Waals surface area contributed by atoms with Crippen molar-refractivity contribution in [3.63, 3.8) is 0 Å². The molecule has 1 aliphatic rings. The van der Waals surface area contributed by atoms with E-state index in [0.717, 1.165) is 42.9 Å². The molecule has 0 radical (unpaired) electrons. The van der Waals surface area contributed by atoms with Crippen LogP contribution in [-0.4, -0.2) is 94.0 Å². The summed E-state index contributed by atoms with van der Waals surface area (Å²) in [7, 11) is 1.29. The van der Waals surface area contributed by atoms with Gasteiger partial charge in [0, 0.05) is 38.0 Å². The molecule has 0 aliphatic carbocycles. The van der Waals surface area contributed by atoms with Gasteiger partial charge in [0.25, 0.3) is 5.92 Å². The summed E-state index contributed by atoms with van der Waals surface area (Å²) in [4.78, 5) is 44.5. The predicted octanol–water partition coefficient (Wildman–Crippen LogP) is 4.65. The van der Waals surface area contributed by atoms with Gasteiger partial charge in [-0.3, -0.25) is 10.6 Å². The van der Waals surface area contributed by atoms with Crippen LogP contribution < -0.4 is 25.6 Å². The Morgan fingerprint density at radius 3 is 2.65 bits per heavy atom. The first-order valence-corrected chi connectivity index (χ1v) is 15.2. The highest BCUT2D eigenvalue weighted by Gasteiger charge is 2.48. The van der Waals surface area contributed by atoms with Gasteiger partial charge in [0.15, 0.2) is 5.82 Å². The van der Waals surface area contributed by atoms with Gasteiger partial charge in [-0.1, -0.05) is 27.2 Å². The highest BCUT2D eigenvalue weighted by atomic mass is 32.2. The third kappa shape index (κ3) is 10.0. The van der Waals surface area contributed by atoms with Crippen molar-refractivity contribution in [2.24, 2.45) is 5.92 Å². The Balaban J connectivity index is 1.61. The van der Waals surface area contributed by atoms with Crippen LogP contribution in [0.3, 0.4) is 0 Å². The van der Waals surface area contributed by atoms with E-state index in [9.17, 15) is 9.59 Å². The number of carbonyl (C=O) groups is 2. The van der Waals surface area contributed by atoms with Crippen molar-refractivity contribution in [1.29, 1.82) is 0 Å². The summed E-state index contributed by atoms with van der Waals surface area (Å²) in [6.07, 6.45) is 4.67. The second-order valence-corrected chi connectivity index (χ2v) is 11.1. The van der Waals surface area contributed by atoms with Crippen LogP contribution in [0, 0.1) is 5.92 Å². The number of rotatable bonds is 14. The largest absolute Gasteiger partial charge is 0.477 e. The number of hydrogen-bond acceptors (Lipinski definition) is 11. The Morgan fingerprint density at radius 2 is 1.98 bits per heavy atom. The fourth-order valence-electron chi connectivity index (χ4n) is 4.43. The Kier molecular flexibility index (Phi) is 12.9. The number of likely N-dealkylation sites (N-methyl/N-ethyl adjacent to an activating group) is 1. The zero-order valence-electron chi connectivity index (χ0n) is 25.2. The van der Waals surface area contributed by atoms with E-state index in [2.05, 4.69) is 49.7 Å². The zero-order valence-corrected chi connectivity index (χ0v) is 26.0. The minimum atomic E-state index is -3.16. The highest BCUT2D eigenvalue weighted by molar-refractivity contribution is 7.95. The monoisotopic (exact) mass is 625 g/mol. The molecule has 2 aromatic heterocycles. The van der Waals surface area contributed by atoms with E-state index in [1.165, 1.54) is 31.7 Å². The third-order valence-electron chi connectivity index (χ3n) is 6.87. The quantitative estimate of drug-likeness (QED) is 0.252. The fraction of sp³-hybridized carbons (Fsp3) is 0.630. The number of urea groups is 1. The molecule has 13 nitrogen and oxygen atoms in total. The summed E-state index contributed by atoms with van der Waals surface area (Å²) in [6.45, 7) is 9.82. The van der Waals surface area contributed by atoms with Crippen LogP contribution in [0.4, 0.5) is 36.0 Å². The number of anilines is 3. The Labute approximate surface area is 255 Å². The maximum atomic E-state index is 15.0. The average Bonchev–Trinajstić information content (AvgIpc) is 2.98. The molecular weight excluding hydrogens is 584 g/mol. The lowest BCUT2D eigenvalue weighted by Crippen LogP contribution is -2.60. The molecule has 1 fully saturated rings. The first kappa shape index (κ1) is 34.0. The molecule has 2 aromatic rings. The minimum Gasteiger partial charge on any atom is -0.477 e. The zero-order chi connectivity index (χ0) is 31.4. The molecule has 0 spiro atoms. The molecule has 3 atom stereocenters. The second-order valence-electron chi connectivity index (χ2n) is 10.1. The number of carbonyl (C=O) groups excluding carboxylic acids is 2. The number of hydrogen-bond donors (Lipinski definition) is 3. The molecule has 43 heavy (non-hydrogen) atoms. The number of alkyl halides is 2. The van der Waals surface area contributed by atoms with Gasteiger partial charge in [-0.15, -0.1) is 0 Å². The summed E-state index contributed by atoms with van der Waals surface area (Å²) in [5.74, 6) is -2.19. The predicted molar refractivity (Wildman–Crippen MR) is 162 cm³/mol. The van der Waals surface area contributed by atoms with Crippen LogP contribution in [0.5, 0.6) is 5.88 Å². The van der Waals surface area contributed by atoms with Crippen LogP contribution in [0.25, 0.3) is 0 Å². The number of nitrogens with zero attached hydrogens (tertiary/aromatic N) is 6. The van der Waals surface area contributed by atoms with Crippen LogP contribution in [0.2, 0.25) is 0 Å². The van der Waals surface area contributed by atoms with Gasteiger partial charge in [-0.25, -0.2) is 33.3 Å². The number of nitrogens with one attached hydrogen (secondary N) is 3. The minimum absolute atomic E-state index is 0.0462. The summed E-state index contributed by atoms with van der Waals surface area (Å²) < 4.78 is 40.7. The second kappa shape index (κ2) is 16.4. The number of piperidine rings is 1. The lowest BCUT2D eigenvalue weighted by atomic mass is 10.00. The molecule has 238 valence electrons. The Morgan fingerprint density at radius 1 is 1.19 bits per heavy atom. The Hall–Kier alpha value is -3.53. The van der Waals surface area contributed by atoms with Crippen molar-refractivity contribution in [3.8, 4) is 5.88 Å². The summed E-state index contributed by atoms with van der Waals surface area (Å²) >= 11 is 1.13. The normalized spacial score (nSPS) is 17.5. The van der Waals surface area contributed by atoms with E-state index in [0.29, 0.717) is 12.5 Å². The molecule has 0 bridgehead atoms. The SMILES string of the molecule is CCCC(SOC(=O)Nc1ccnc(N2CCC(F)(F)C(N(C)C(=O)Nc3cnc(OCC)cn3)C2)n1)C(C)CNCC. The fourth-order valence-corrected chi connectivity index (χ4v) is 5.30. The molecular formula is C27H41F2N9O4S. The molecule has 3 unspecified atom stereocenters. The molecule has 1 aliphatic heterocycles. The molecule has 3 amide bonds. The average molecular weight is 626 g/mol. The van der Waals surface area contributed by atoms with E-state index in [1.54, 1.807) is 11.8 Å². The Bertz CT molecular complexity index is 1180. The molecule has 1 saturated heterocycles. The summed E-state index contributed by atoms with van der Waals surface area (Å²) in [5, 5.41) is 8.51. The van der Waals surface area contributed by atoms with Crippen LogP contribution >= 0.6 is 12.0 Å². The van der Waals surface area contributed by atoms with Gasteiger partial charge in [0.05, 0.1) is 31.0 Å². The van der Waals surface area contributed by atoms with Gasteiger partial charge >= 0.3 is 12.1 Å². The first-order chi connectivity index (χ1) is 20.6. The van der Waals surface area contributed by atoms with Crippen molar-refractivity contribution in [2.75, 3.05) is 55.4 Å². The van der Waals surface area contributed by atoms with Crippen LogP contribution in [0.15, 0.2) is 24.7 Å². The molecule has 16 heteroatoms. The van der Waals surface area contributed by atoms with E-state index in [-0.39, 0.29) is 41.8 Å². The molecule has 3 N–H and O–H groups in total. The summed E-state index contributed by atoms with van der Waals surface area (Å²) in [5.41, 5.74) is 0. The lowest BCUT2D eigenvalue weighted by Gasteiger charge is -2.42. The van der Waals surface area contributed by atoms with E-state index >= 15 is 8.78 Å². The summed E-state index contributed by atoms with van der Waals surface area (Å²) in [6, 6.07) is -0.777. The van der Waals surface area contributed by atoms with Crippen LogP contribution in [-0.2, 0) is 4.18 Å². The van der Waals surface area contributed by atoms with Crippen molar-refractivity contribution in [3.05, 3.63) is 24.7 Å². The maximum Gasteiger partial charge on any atom is 0.425 e. The molecule has 0 saturated carbocycles. The highest BCUT2D eigenvalue weighted by Crippen LogP contribution is 2.33. The maximum absolute atomic E-state index is 15.0.